The molecular weight excluding hydrogens is 533 g/mol. The van der Waals surface area contributed by atoms with Crippen LogP contribution in [0.2, 0.25) is 0 Å². The summed E-state index contributed by atoms with van der Waals surface area (Å²) in [6.45, 7) is 5.14. The van der Waals surface area contributed by atoms with Crippen LogP contribution in [0.3, 0.4) is 0 Å². The largest absolute Gasteiger partial charge is 0.495 e. The van der Waals surface area contributed by atoms with Gasteiger partial charge in [0.15, 0.2) is 15.8 Å². The first-order valence-corrected chi connectivity index (χ1v) is 11.8. The molecule has 0 N–H and O–H groups in total. The number of benzene rings is 2. The lowest BCUT2D eigenvalue weighted by molar-refractivity contribution is -0.113. The predicted molar refractivity (Wildman–Crippen MR) is 135 cm³/mol. The molecule has 158 valence electrons. The van der Waals surface area contributed by atoms with Gasteiger partial charge in [0.25, 0.3) is 5.91 Å². The predicted octanol–water partition coefficient (Wildman–Crippen LogP) is 5.89. The lowest BCUT2D eigenvalue weighted by Gasteiger charge is -2.17. The van der Waals surface area contributed by atoms with Gasteiger partial charge >= 0.3 is 0 Å². The van der Waals surface area contributed by atoms with Gasteiger partial charge in [0.05, 0.1) is 34.5 Å². The smallest absolute Gasteiger partial charge is 0.270 e. The summed E-state index contributed by atoms with van der Waals surface area (Å²) < 4.78 is 18.4. The van der Waals surface area contributed by atoms with Gasteiger partial charge in [-0.1, -0.05) is 43.0 Å². The maximum Gasteiger partial charge on any atom is 0.270 e. The Morgan fingerprint density at radius 2 is 1.93 bits per heavy atom. The highest BCUT2D eigenvalue weighted by Gasteiger charge is 2.34. The van der Waals surface area contributed by atoms with Crippen molar-refractivity contribution >= 4 is 68.6 Å². The number of hydrogen-bond donors (Lipinski definition) is 0. The minimum atomic E-state index is -0.172. The van der Waals surface area contributed by atoms with E-state index >= 15 is 0 Å². The molecule has 1 heterocycles. The molecule has 3 rings (SSSR count). The zero-order chi connectivity index (χ0) is 21.7. The second-order valence-corrected chi connectivity index (χ2v) is 9.14. The molecule has 1 aliphatic rings. The Morgan fingerprint density at radius 3 is 2.63 bits per heavy atom. The fraction of sp³-hybridized carbons (Fsp3) is 0.273. The van der Waals surface area contributed by atoms with Crippen LogP contribution in [0.15, 0.2) is 41.3 Å². The molecule has 1 saturated heterocycles. The highest BCUT2D eigenvalue weighted by molar-refractivity contribution is 14.1. The number of nitrogens with zero attached hydrogens (tertiary/aromatic N) is 1. The number of methoxy groups -OCH3 is 1. The molecule has 0 bridgehead atoms. The van der Waals surface area contributed by atoms with E-state index in [1.54, 1.807) is 7.11 Å². The number of carbonyl (C=O) groups is 1. The summed E-state index contributed by atoms with van der Waals surface area (Å²) in [6, 6.07) is 11.2. The Kier molecular flexibility index (Phi) is 8.01. The van der Waals surface area contributed by atoms with E-state index in [0.29, 0.717) is 39.6 Å². The molecule has 2 aromatic rings. The zero-order valence-electron chi connectivity index (χ0n) is 16.9. The average molecular weight is 555 g/mol. The summed E-state index contributed by atoms with van der Waals surface area (Å²) in [5, 5.41) is 0. The van der Waals surface area contributed by atoms with Crippen LogP contribution >= 0.6 is 46.6 Å². The van der Waals surface area contributed by atoms with E-state index in [0.717, 1.165) is 21.3 Å². The Labute approximate surface area is 199 Å². The molecule has 0 aliphatic carbocycles. The number of carbonyl (C=O) groups excluding carboxylic acids is 1. The second-order valence-electron chi connectivity index (χ2n) is 6.30. The summed E-state index contributed by atoms with van der Waals surface area (Å²) in [5.74, 6) is 1.83. The van der Waals surface area contributed by atoms with Crippen molar-refractivity contribution in [2.24, 2.45) is 0 Å². The minimum absolute atomic E-state index is 0.172. The number of hydrogen-bond acceptors (Lipinski definition) is 6. The highest BCUT2D eigenvalue weighted by Crippen LogP contribution is 2.41. The van der Waals surface area contributed by atoms with Crippen LogP contribution in [-0.2, 0) is 4.79 Å². The van der Waals surface area contributed by atoms with E-state index in [-0.39, 0.29) is 5.91 Å². The topological polar surface area (TPSA) is 48.0 Å². The molecule has 2 aromatic carbocycles. The summed E-state index contributed by atoms with van der Waals surface area (Å²) in [5.41, 5.74) is 1.49. The normalized spacial score (nSPS) is 15.1. The molecule has 8 heteroatoms. The second kappa shape index (κ2) is 10.5. The van der Waals surface area contributed by atoms with Crippen molar-refractivity contribution in [1.82, 2.24) is 0 Å². The SMILES string of the molecule is CCCOc1c(I)cc(/C=C2\SC(=S)N(c3ccccc3OC)C2=O)cc1OCC. The fourth-order valence-corrected chi connectivity index (χ4v) is 4.99. The minimum Gasteiger partial charge on any atom is -0.495 e. The quantitative estimate of drug-likeness (QED) is 0.230. The third-order valence-corrected chi connectivity index (χ3v) is 6.30. The van der Waals surface area contributed by atoms with Gasteiger partial charge in [0, 0.05) is 0 Å². The summed E-state index contributed by atoms with van der Waals surface area (Å²) >= 11 is 8.99. The number of thioether (sulfide) groups is 1. The fourth-order valence-electron chi connectivity index (χ4n) is 2.92. The lowest BCUT2D eigenvalue weighted by atomic mass is 10.1. The van der Waals surface area contributed by atoms with Gasteiger partial charge in [-0.15, -0.1) is 0 Å². The first-order valence-electron chi connectivity index (χ1n) is 9.50. The molecule has 30 heavy (non-hydrogen) atoms. The number of para-hydroxylation sites is 2. The Hall–Kier alpha value is -1.78. The van der Waals surface area contributed by atoms with Crippen LogP contribution in [0.1, 0.15) is 25.8 Å². The Balaban J connectivity index is 1.95. The van der Waals surface area contributed by atoms with Crippen molar-refractivity contribution in [2.45, 2.75) is 20.3 Å². The summed E-state index contributed by atoms with van der Waals surface area (Å²) in [6.07, 6.45) is 2.75. The van der Waals surface area contributed by atoms with E-state index in [9.17, 15) is 4.79 Å². The monoisotopic (exact) mass is 555 g/mol. The van der Waals surface area contributed by atoms with Gasteiger partial charge in [0.1, 0.15) is 5.75 Å². The van der Waals surface area contributed by atoms with Gasteiger partial charge in [0.2, 0.25) is 0 Å². The van der Waals surface area contributed by atoms with Gasteiger partial charge in [-0.25, -0.2) is 0 Å². The summed E-state index contributed by atoms with van der Waals surface area (Å²) in [7, 11) is 1.58. The van der Waals surface area contributed by atoms with Crippen LogP contribution in [0.5, 0.6) is 17.2 Å². The first kappa shape index (κ1) is 22.9. The molecule has 0 aromatic heterocycles. The van der Waals surface area contributed by atoms with E-state index in [1.165, 1.54) is 16.7 Å². The molecular formula is C22H22INO4S2. The molecule has 1 fully saturated rings. The van der Waals surface area contributed by atoms with Crippen molar-refractivity contribution in [1.29, 1.82) is 0 Å². The number of thiocarbonyl (C=S) groups is 1. The molecule has 5 nitrogen and oxygen atoms in total. The van der Waals surface area contributed by atoms with Crippen molar-refractivity contribution in [3.8, 4) is 17.2 Å². The van der Waals surface area contributed by atoms with Crippen LogP contribution < -0.4 is 19.1 Å². The lowest BCUT2D eigenvalue weighted by Crippen LogP contribution is -2.27. The molecule has 1 amide bonds. The van der Waals surface area contributed by atoms with Crippen molar-refractivity contribution in [3.63, 3.8) is 0 Å². The maximum absolute atomic E-state index is 13.1. The standard InChI is InChI=1S/C22H22INO4S2/c1-4-10-28-20-15(23)11-14(12-18(20)27-5-2)13-19-21(25)24(22(29)30-19)16-8-6-7-9-17(16)26-3/h6-9,11-13H,4-5,10H2,1-3H3/b19-13-. The number of amides is 1. The molecule has 0 radical (unpaired) electrons. The average Bonchev–Trinajstić information content (AvgIpc) is 3.00. The van der Waals surface area contributed by atoms with Crippen molar-refractivity contribution in [2.75, 3.05) is 25.2 Å². The van der Waals surface area contributed by atoms with Gasteiger partial charge < -0.3 is 14.2 Å². The van der Waals surface area contributed by atoms with Crippen LogP contribution in [-0.4, -0.2) is 30.6 Å². The Bertz CT molecular complexity index is 993. The third-order valence-electron chi connectivity index (χ3n) is 4.20. The maximum atomic E-state index is 13.1. The molecule has 0 unspecified atom stereocenters. The zero-order valence-corrected chi connectivity index (χ0v) is 20.7. The highest BCUT2D eigenvalue weighted by atomic mass is 127. The molecule has 0 saturated carbocycles. The number of anilines is 1. The van der Waals surface area contributed by atoms with Crippen LogP contribution in [0.25, 0.3) is 6.08 Å². The first-order chi connectivity index (χ1) is 14.5. The van der Waals surface area contributed by atoms with E-state index in [4.69, 9.17) is 26.4 Å². The van der Waals surface area contributed by atoms with Crippen molar-refractivity contribution < 1.29 is 19.0 Å². The van der Waals surface area contributed by atoms with Crippen LogP contribution in [0, 0.1) is 3.57 Å². The Morgan fingerprint density at radius 1 is 1.17 bits per heavy atom. The summed E-state index contributed by atoms with van der Waals surface area (Å²) in [4.78, 5) is 15.2. The third kappa shape index (κ3) is 4.92. The van der Waals surface area contributed by atoms with Crippen molar-refractivity contribution in [3.05, 3.63) is 50.4 Å². The number of ether oxygens (including phenoxy) is 3. The van der Waals surface area contributed by atoms with Gasteiger partial charge in [-0.3, -0.25) is 9.69 Å². The molecule has 1 aliphatic heterocycles. The number of rotatable bonds is 8. The van der Waals surface area contributed by atoms with Gasteiger partial charge in [-0.2, -0.15) is 0 Å². The van der Waals surface area contributed by atoms with E-state index in [2.05, 4.69) is 29.5 Å². The van der Waals surface area contributed by atoms with Crippen LogP contribution in [0.4, 0.5) is 5.69 Å². The van der Waals surface area contributed by atoms with E-state index < -0.39 is 0 Å². The number of halogens is 1. The molecule has 0 atom stereocenters. The van der Waals surface area contributed by atoms with Gasteiger partial charge in [-0.05, 0) is 71.8 Å². The molecule has 0 spiro atoms. The van der Waals surface area contributed by atoms with E-state index in [1.807, 2.05) is 49.4 Å².